The molecule has 1 aliphatic rings. The molecule has 0 bridgehead atoms. The molecule has 0 radical (unpaired) electrons. The van der Waals surface area contributed by atoms with Gasteiger partial charge < -0.3 is 15.4 Å². The van der Waals surface area contributed by atoms with Crippen molar-refractivity contribution in [3.63, 3.8) is 0 Å². The van der Waals surface area contributed by atoms with Crippen LogP contribution in [0, 0.1) is 0 Å². The van der Waals surface area contributed by atoms with Gasteiger partial charge in [0.05, 0.1) is 6.61 Å². The second-order valence-corrected chi connectivity index (χ2v) is 11.0. The Morgan fingerprint density at radius 1 is 0.938 bits per heavy atom. The van der Waals surface area contributed by atoms with Crippen molar-refractivity contribution in [2.75, 3.05) is 13.2 Å². The molecular formula is C28H40N2O2. The molecule has 0 saturated carbocycles. The van der Waals surface area contributed by atoms with E-state index in [1.807, 2.05) is 6.92 Å². The Hall–Kier alpha value is -2.33. The van der Waals surface area contributed by atoms with Gasteiger partial charge in [-0.3, -0.25) is 0 Å². The van der Waals surface area contributed by atoms with E-state index in [4.69, 9.17) is 4.74 Å². The Morgan fingerprint density at radius 3 is 1.81 bits per heavy atom. The number of hydrogen-bond acceptors (Lipinski definition) is 3. The summed E-state index contributed by atoms with van der Waals surface area (Å²) in [7, 11) is 0. The largest absolute Gasteiger partial charge is 0.450 e. The lowest BCUT2D eigenvalue weighted by atomic mass is 9.80. The number of carbonyl (C=O) groups is 1. The first-order valence-electron chi connectivity index (χ1n) is 11.9. The Morgan fingerprint density at radius 2 is 1.41 bits per heavy atom. The standard InChI is InChI=1S/C28H40N2O2/c1-8-32-26(31)30-23-17-24(29-18-23)25(19-9-13-21(14-10-19)27(2,3)4)20-11-15-22(16-12-20)28(5,6)7/h9-16,23-25,29H,8,17-18H2,1-7H3,(H,30,31)/t23-,24?/m1/s1. The molecule has 32 heavy (non-hydrogen) atoms. The Bertz CT molecular complexity index is 832. The molecule has 2 N–H and O–H groups in total. The van der Waals surface area contributed by atoms with Gasteiger partial charge in [0.1, 0.15) is 0 Å². The lowest BCUT2D eigenvalue weighted by molar-refractivity contribution is 0.148. The molecule has 3 rings (SSSR count). The van der Waals surface area contributed by atoms with Crippen LogP contribution in [-0.2, 0) is 15.6 Å². The number of benzene rings is 2. The van der Waals surface area contributed by atoms with E-state index < -0.39 is 0 Å². The van der Waals surface area contributed by atoms with E-state index in [2.05, 4.69) is 101 Å². The van der Waals surface area contributed by atoms with Crippen molar-refractivity contribution in [2.45, 2.75) is 83.7 Å². The van der Waals surface area contributed by atoms with E-state index in [1.165, 1.54) is 22.3 Å². The van der Waals surface area contributed by atoms with Gasteiger partial charge in [-0.15, -0.1) is 0 Å². The van der Waals surface area contributed by atoms with Gasteiger partial charge in [0, 0.05) is 24.5 Å². The van der Waals surface area contributed by atoms with Gasteiger partial charge in [-0.1, -0.05) is 90.1 Å². The predicted octanol–water partition coefficient (Wildman–Crippen LogP) is 5.89. The molecule has 1 aliphatic heterocycles. The van der Waals surface area contributed by atoms with Crippen LogP contribution in [-0.4, -0.2) is 31.3 Å². The molecule has 0 aromatic heterocycles. The lowest BCUT2D eigenvalue weighted by Crippen LogP contribution is -2.36. The van der Waals surface area contributed by atoms with Crippen LogP contribution in [0.5, 0.6) is 0 Å². The quantitative estimate of drug-likeness (QED) is 0.614. The minimum atomic E-state index is -0.333. The number of rotatable bonds is 5. The number of alkyl carbamates (subject to hydrolysis) is 1. The number of amides is 1. The molecule has 174 valence electrons. The monoisotopic (exact) mass is 436 g/mol. The minimum Gasteiger partial charge on any atom is -0.450 e. The van der Waals surface area contributed by atoms with Crippen LogP contribution in [0.3, 0.4) is 0 Å². The van der Waals surface area contributed by atoms with Gasteiger partial charge in [0.25, 0.3) is 0 Å². The summed E-state index contributed by atoms with van der Waals surface area (Å²) in [5.41, 5.74) is 5.53. The van der Waals surface area contributed by atoms with E-state index >= 15 is 0 Å². The molecule has 1 unspecified atom stereocenters. The fourth-order valence-electron chi connectivity index (χ4n) is 4.51. The molecule has 4 heteroatoms. The molecule has 0 spiro atoms. The number of nitrogens with one attached hydrogen (secondary N) is 2. The first-order chi connectivity index (χ1) is 15.0. The van der Waals surface area contributed by atoms with Crippen LogP contribution in [0.25, 0.3) is 0 Å². The summed E-state index contributed by atoms with van der Waals surface area (Å²) in [4.78, 5) is 11.9. The van der Waals surface area contributed by atoms with Crippen LogP contribution in [0.15, 0.2) is 48.5 Å². The molecule has 1 saturated heterocycles. The second-order valence-electron chi connectivity index (χ2n) is 11.0. The predicted molar refractivity (Wildman–Crippen MR) is 132 cm³/mol. The van der Waals surface area contributed by atoms with E-state index in [0.717, 1.165) is 13.0 Å². The van der Waals surface area contributed by atoms with Crippen molar-refractivity contribution in [3.05, 3.63) is 70.8 Å². The normalized spacial score (nSPS) is 19.2. The summed E-state index contributed by atoms with van der Waals surface area (Å²) in [5.74, 6) is 0.215. The summed E-state index contributed by atoms with van der Waals surface area (Å²) < 4.78 is 5.08. The van der Waals surface area contributed by atoms with E-state index in [0.29, 0.717) is 6.61 Å². The minimum absolute atomic E-state index is 0.0734. The number of carbonyl (C=O) groups excluding carboxylic acids is 1. The second kappa shape index (κ2) is 9.66. The first-order valence-corrected chi connectivity index (χ1v) is 11.9. The van der Waals surface area contributed by atoms with Crippen LogP contribution >= 0.6 is 0 Å². The van der Waals surface area contributed by atoms with Crippen LogP contribution in [0.1, 0.15) is 83.1 Å². The number of hydrogen-bond donors (Lipinski definition) is 2. The average Bonchev–Trinajstić information content (AvgIpc) is 3.15. The maximum Gasteiger partial charge on any atom is 0.407 e. The summed E-state index contributed by atoms with van der Waals surface area (Å²) in [6, 6.07) is 18.4. The zero-order valence-electron chi connectivity index (χ0n) is 20.8. The molecule has 2 aromatic carbocycles. The third kappa shape index (κ3) is 5.92. The van der Waals surface area contributed by atoms with Crippen molar-refractivity contribution in [2.24, 2.45) is 0 Å². The van der Waals surface area contributed by atoms with E-state index in [-0.39, 0.29) is 34.9 Å². The van der Waals surface area contributed by atoms with Gasteiger partial charge >= 0.3 is 6.09 Å². The van der Waals surface area contributed by atoms with Crippen LogP contribution in [0.2, 0.25) is 0 Å². The van der Waals surface area contributed by atoms with Gasteiger partial charge in [-0.25, -0.2) is 4.79 Å². The van der Waals surface area contributed by atoms with Crippen molar-refractivity contribution in [1.29, 1.82) is 0 Å². The molecule has 4 nitrogen and oxygen atoms in total. The van der Waals surface area contributed by atoms with Gasteiger partial charge in [0.15, 0.2) is 0 Å². The zero-order chi connectivity index (χ0) is 23.5. The third-order valence-corrected chi connectivity index (χ3v) is 6.44. The van der Waals surface area contributed by atoms with E-state index in [9.17, 15) is 4.79 Å². The molecular weight excluding hydrogens is 396 g/mol. The maximum absolute atomic E-state index is 11.9. The topological polar surface area (TPSA) is 50.4 Å². The van der Waals surface area contributed by atoms with Gasteiger partial charge in [-0.05, 0) is 46.4 Å². The molecule has 2 aromatic rings. The zero-order valence-corrected chi connectivity index (χ0v) is 20.8. The van der Waals surface area contributed by atoms with Crippen molar-refractivity contribution in [1.82, 2.24) is 10.6 Å². The van der Waals surface area contributed by atoms with Crippen LogP contribution < -0.4 is 10.6 Å². The highest BCUT2D eigenvalue weighted by molar-refractivity contribution is 5.67. The fraction of sp³-hybridized carbons (Fsp3) is 0.536. The first kappa shape index (κ1) is 24.3. The summed E-state index contributed by atoms with van der Waals surface area (Å²) in [5, 5.41) is 6.67. The summed E-state index contributed by atoms with van der Waals surface area (Å²) >= 11 is 0. The number of ether oxygens (including phenoxy) is 1. The Kier molecular flexibility index (Phi) is 7.34. The smallest absolute Gasteiger partial charge is 0.407 e. The van der Waals surface area contributed by atoms with Crippen molar-refractivity contribution in [3.8, 4) is 0 Å². The highest BCUT2D eigenvalue weighted by Crippen LogP contribution is 2.35. The Balaban J connectivity index is 1.89. The fourth-order valence-corrected chi connectivity index (χ4v) is 4.51. The molecule has 1 amide bonds. The molecule has 0 aliphatic carbocycles. The van der Waals surface area contributed by atoms with Gasteiger partial charge in [0.2, 0.25) is 0 Å². The van der Waals surface area contributed by atoms with Gasteiger partial charge in [-0.2, -0.15) is 0 Å². The van der Waals surface area contributed by atoms with Crippen molar-refractivity contribution >= 4 is 6.09 Å². The van der Waals surface area contributed by atoms with Crippen LogP contribution in [0.4, 0.5) is 4.79 Å². The van der Waals surface area contributed by atoms with Crippen molar-refractivity contribution < 1.29 is 9.53 Å². The molecule has 2 atom stereocenters. The summed E-state index contributed by atoms with van der Waals surface area (Å²) in [6.07, 6.45) is 0.534. The Labute approximate surface area is 194 Å². The molecule has 1 fully saturated rings. The van der Waals surface area contributed by atoms with E-state index in [1.54, 1.807) is 0 Å². The average molecular weight is 437 g/mol. The third-order valence-electron chi connectivity index (χ3n) is 6.44. The SMILES string of the molecule is CCOC(=O)N[C@H]1CNC(C(c2ccc(C(C)(C)C)cc2)c2ccc(C(C)(C)C)cc2)C1. The highest BCUT2D eigenvalue weighted by atomic mass is 16.5. The lowest BCUT2D eigenvalue weighted by Gasteiger charge is -2.27. The summed E-state index contributed by atoms with van der Waals surface area (Å²) in [6.45, 7) is 16.4. The highest BCUT2D eigenvalue weighted by Gasteiger charge is 2.33. The maximum atomic E-state index is 11.9. The molecule has 1 heterocycles.